The Balaban J connectivity index is 1.65. The second kappa shape index (κ2) is 8.10. The molecule has 0 aliphatic heterocycles. The van der Waals surface area contributed by atoms with Crippen molar-refractivity contribution in [3.8, 4) is 11.1 Å². The van der Waals surface area contributed by atoms with Crippen molar-refractivity contribution in [2.75, 3.05) is 5.32 Å². The van der Waals surface area contributed by atoms with Gasteiger partial charge in [0.25, 0.3) is 0 Å². The van der Waals surface area contributed by atoms with Crippen molar-refractivity contribution in [3.63, 3.8) is 0 Å². The number of carboxylic acid groups (broad SMARTS) is 1. The monoisotopic (exact) mass is 404 g/mol. The molecule has 7 heteroatoms. The van der Waals surface area contributed by atoms with Crippen molar-refractivity contribution >= 4 is 28.6 Å². The van der Waals surface area contributed by atoms with E-state index in [0.29, 0.717) is 6.04 Å². The molecule has 1 fully saturated rings. The Bertz CT molecular complexity index is 1110. The number of fused-ring (bicyclic) bond motifs is 1. The van der Waals surface area contributed by atoms with Crippen LogP contribution in [0.3, 0.4) is 0 Å². The van der Waals surface area contributed by atoms with Gasteiger partial charge in [0.2, 0.25) is 5.91 Å². The molecule has 154 valence electrons. The molecule has 0 saturated heterocycles. The van der Waals surface area contributed by atoms with Crippen LogP contribution in [0, 0.1) is 0 Å². The number of hydrogen-bond donors (Lipinski definition) is 2. The maximum absolute atomic E-state index is 12.0. The van der Waals surface area contributed by atoms with Crippen LogP contribution in [0.15, 0.2) is 48.8 Å². The standard InChI is InChI=1S/C23H24N4O3/c1-14(23(29)30)27(15(2)28)12-16-4-3-5-17(10-16)18-6-9-21-20(11-18)22(25-13-24-21)26-19-7-8-19/h3-6,9-11,13-14,19H,7-8,12H2,1-2H3,(H,29,30)(H,24,25,26). The first-order chi connectivity index (χ1) is 14.4. The maximum atomic E-state index is 12.0. The molecule has 1 aliphatic rings. The fourth-order valence-corrected chi connectivity index (χ4v) is 3.47. The number of rotatable bonds is 7. The third-order valence-corrected chi connectivity index (χ3v) is 5.40. The lowest BCUT2D eigenvalue weighted by Crippen LogP contribution is -2.41. The molecule has 0 radical (unpaired) electrons. The fraction of sp³-hybridized carbons (Fsp3) is 0.304. The molecule has 1 saturated carbocycles. The zero-order chi connectivity index (χ0) is 21.3. The molecule has 2 N–H and O–H groups in total. The van der Waals surface area contributed by atoms with E-state index >= 15 is 0 Å². The number of carbonyl (C=O) groups is 2. The van der Waals surface area contributed by atoms with Crippen LogP contribution >= 0.6 is 0 Å². The number of amides is 1. The van der Waals surface area contributed by atoms with Crippen molar-refractivity contribution in [3.05, 3.63) is 54.4 Å². The van der Waals surface area contributed by atoms with Gasteiger partial charge in [-0.2, -0.15) is 0 Å². The van der Waals surface area contributed by atoms with Gasteiger partial charge in [-0.15, -0.1) is 0 Å². The van der Waals surface area contributed by atoms with Gasteiger partial charge in [0.1, 0.15) is 18.2 Å². The molecule has 2 aromatic carbocycles. The van der Waals surface area contributed by atoms with Gasteiger partial charge in [-0.3, -0.25) is 4.79 Å². The Morgan fingerprint density at radius 2 is 1.93 bits per heavy atom. The molecule has 1 heterocycles. The van der Waals surface area contributed by atoms with Crippen LogP contribution in [-0.4, -0.2) is 43.9 Å². The maximum Gasteiger partial charge on any atom is 0.326 e. The van der Waals surface area contributed by atoms with Crippen LogP contribution in [0.4, 0.5) is 5.82 Å². The van der Waals surface area contributed by atoms with Crippen LogP contribution in [0.25, 0.3) is 22.0 Å². The van der Waals surface area contributed by atoms with E-state index in [9.17, 15) is 14.7 Å². The van der Waals surface area contributed by atoms with E-state index in [2.05, 4.69) is 21.4 Å². The minimum Gasteiger partial charge on any atom is -0.480 e. The molecule has 0 spiro atoms. The number of benzene rings is 2. The minimum absolute atomic E-state index is 0.238. The Kier molecular flexibility index (Phi) is 5.35. The summed E-state index contributed by atoms with van der Waals surface area (Å²) in [5, 5.41) is 13.7. The molecule has 4 rings (SSSR count). The van der Waals surface area contributed by atoms with Gasteiger partial charge in [-0.05, 0) is 54.7 Å². The SMILES string of the molecule is CC(=O)N(Cc1cccc(-c2ccc3ncnc(NC4CC4)c3c2)c1)C(C)C(=O)O. The highest BCUT2D eigenvalue weighted by atomic mass is 16.4. The number of nitrogens with one attached hydrogen (secondary N) is 1. The summed E-state index contributed by atoms with van der Waals surface area (Å²) in [6.07, 6.45) is 3.90. The molecule has 1 aromatic heterocycles. The second-order valence-corrected chi connectivity index (χ2v) is 7.73. The van der Waals surface area contributed by atoms with E-state index in [4.69, 9.17) is 0 Å². The van der Waals surface area contributed by atoms with Gasteiger partial charge in [0.15, 0.2) is 0 Å². The molecule has 7 nitrogen and oxygen atoms in total. The van der Waals surface area contributed by atoms with Crippen LogP contribution in [0.2, 0.25) is 0 Å². The molecule has 30 heavy (non-hydrogen) atoms. The summed E-state index contributed by atoms with van der Waals surface area (Å²) in [5.74, 6) is -0.445. The summed E-state index contributed by atoms with van der Waals surface area (Å²) in [6, 6.07) is 13.5. The second-order valence-electron chi connectivity index (χ2n) is 7.73. The summed E-state index contributed by atoms with van der Waals surface area (Å²) in [7, 11) is 0. The molecule has 1 atom stereocenters. The Hall–Kier alpha value is -3.48. The Morgan fingerprint density at radius 1 is 1.17 bits per heavy atom. The lowest BCUT2D eigenvalue weighted by atomic mass is 10.0. The lowest BCUT2D eigenvalue weighted by Gasteiger charge is -2.25. The first kappa shape index (κ1) is 19.8. The van der Waals surface area contributed by atoms with Gasteiger partial charge < -0.3 is 15.3 Å². The predicted octanol–water partition coefficient (Wildman–Crippen LogP) is 3.69. The smallest absolute Gasteiger partial charge is 0.326 e. The molecular formula is C23H24N4O3. The van der Waals surface area contributed by atoms with E-state index < -0.39 is 12.0 Å². The van der Waals surface area contributed by atoms with Gasteiger partial charge >= 0.3 is 5.97 Å². The lowest BCUT2D eigenvalue weighted by molar-refractivity contribution is -0.149. The number of aliphatic carboxylic acids is 1. The van der Waals surface area contributed by atoms with Crippen molar-refractivity contribution in [1.29, 1.82) is 0 Å². The molecule has 1 amide bonds. The number of aromatic nitrogens is 2. The normalized spacial score (nSPS) is 14.3. The van der Waals surface area contributed by atoms with Gasteiger partial charge in [0.05, 0.1) is 5.52 Å². The van der Waals surface area contributed by atoms with Crippen molar-refractivity contribution in [2.24, 2.45) is 0 Å². The Morgan fingerprint density at radius 3 is 2.63 bits per heavy atom. The quantitative estimate of drug-likeness (QED) is 0.624. The molecule has 1 unspecified atom stereocenters. The molecular weight excluding hydrogens is 380 g/mol. The number of carboxylic acids is 1. The zero-order valence-electron chi connectivity index (χ0n) is 17.0. The average Bonchev–Trinajstić information content (AvgIpc) is 3.55. The summed E-state index contributed by atoms with van der Waals surface area (Å²) >= 11 is 0. The highest BCUT2D eigenvalue weighted by Gasteiger charge is 2.24. The molecule has 0 bridgehead atoms. The van der Waals surface area contributed by atoms with E-state index in [1.54, 1.807) is 6.33 Å². The van der Waals surface area contributed by atoms with E-state index in [-0.39, 0.29) is 12.5 Å². The summed E-state index contributed by atoms with van der Waals surface area (Å²) in [6.45, 7) is 3.15. The third kappa shape index (κ3) is 4.25. The summed E-state index contributed by atoms with van der Waals surface area (Å²) < 4.78 is 0. The van der Waals surface area contributed by atoms with Crippen LogP contribution in [0.5, 0.6) is 0 Å². The topological polar surface area (TPSA) is 95.4 Å². The number of anilines is 1. The van der Waals surface area contributed by atoms with E-state index in [1.807, 2.05) is 36.4 Å². The summed E-state index contributed by atoms with van der Waals surface area (Å²) in [5.41, 5.74) is 3.75. The average molecular weight is 404 g/mol. The van der Waals surface area contributed by atoms with Crippen molar-refractivity contribution in [1.82, 2.24) is 14.9 Å². The Labute approximate surface area is 174 Å². The van der Waals surface area contributed by atoms with Crippen LogP contribution in [-0.2, 0) is 16.1 Å². The van der Waals surface area contributed by atoms with Crippen molar-refractivity contribution < 1.29 is 14.7 Å². The van der Waals surface area contributed by atoms with Crippen molar-refractivity contribution in [2.45, 2.75) is 45.3 Å². The predicted molar refractivity (Wildman–Crippen MR) is 115 cm³/mol. The number of nitrogens with zero attached hydrogens (tertiary/aromatic N) is 3. The van der Waals surface area contributed by atoms with E-state index in [0.717, 1.165) is 46.3 Å². The highest BCUT2D eigenvalue weighted by Crippen LogP contribution is 2.31. The molecule has 3 aromatic rings. The van der Waals surface area contributed by atoms with Gasteiger partial charge in [-0.25, -0.2) is 14.8 Å². The first-order valence-electron chi connectivity index (χ1n) is 10.0. The number of hydrogen-bond acceptors (Lipinski definition) is 5. The number of carbonyl (C=O) groups excluding carboxylic acids is 1. The third-order valence-electron chi connectivity index (χ3n) is 5.40. The van der Waals surface area contributed by atoms with Crippen LogP contribution in [0.1, 0.15) is 32.3 Å². The molecule has 1 aliphatic carbocycles. The largest absolute Gasteiger partial charge is 0.480 e. The van der Waals surface area contributed by atoms with Gasteiger partial charge in [0, 0.05) is 24.9 Å². The fourth-order valence-electron chi connectivity index (χ4n) is 3.47. The highest BCUT2D eigenvalue weighted by molar-refractivity contribution is 5.92. The van der Waals surface area contributed by atoms with E-state index in [1.165, 1.54) is 18.7 Å². The van der Waals surface area contributed by atoms with Gasteiger partial charge in [-0.1, -0.05) is 24.3 Å². The zero-order valence-corrected chi connectivity index (χ0v) is 17.0. The minimum atomic E-state index is -1.02. The van der Waals surface area contributed by atoms with Crippen LogP contribution < -0.4 is 5.32 Å². The first-order valence-corrected chi connectivity index (χ1v) is 10.0. The summed E-state index contributed by atoms with van der Waals surface area (Å²) in [4.78, 5) is 33.4.